The van der Waals surface area contributed by atoms with Gasteiger partial charge in [0, 0.05) is 50.3 Å². The molecule has 0 bridgehead atoms. The van der Waals surface area contributed by atoms with Crippen LogP contribution in [-0.2, 0) is 0 Å². The topological polar surface area (TPSA) is 18.5 Å². The molecule has 2 rings (SSSR count). The van der Waals surface area contributed by atoms with E-state index >= 15 is 0 Å². The van der Waals surface area contributed by atoms with E-state index in [1.807, 2.05) is 0 Å². The van der Waals surface area contributed by atoms with Crippen LogP contribution in [0.1, 0.15) is 19.8 Å². The van der Waals surface area contributed by atoms with Crippen molar-refractivity contribution in [3.63, 3.8) is 0 Å². The monoisotopic (exact) mass is 257 g/mol. The standard InChI is InChI=1S/C13H27N3S/c1-2-13-12-16(5-3-4-14-13)7-6-15-8-10-17-11-9-15/h13-14H,2-12H2,1H3. The van der Waals surface area contributed by atoms with Crippen molar-refractivity contribution in [1.82, 2.24) is 15.1 Å². The molecule has 0 spiro atoms. The van der Waals surface area contributed by atoms with Gasteiger partial charge in [-0.3, -0.25) is 0 Å². The Morgan fingerprint density at radius 1 is 1.12 bits per heavy atom. The van der Waals surface area contributed by atoms with Crippen molar-refractivity contribution in [2.75, 3.05) is 57.3 Å². The van der Waals surface area contributed by atoms with Crippen molar-refractivity contribution in [3.05, 3.63) is 0 Å². The molecule has 1 N–H and O–H groups in total. The van der Waals surface area contributed by atoms with Crippen molar-refractivity contribution < 1.29 is 0 Å². The average molecular weight is 257 g/mol. The van der Waals surface area contributed by atoms with Crippen LogP contribution in [0.5, 0.6) is 0 Å². The van der Waals surface area contributed by atoms with Crippen LogP contribution in [0.15, 0.2) is 0 Å². The molecule has 17 heavy (non-hydrogen) atoms. The van der Waals surface area contributed by atoms with E-state index in [9.17, 15) is 0 Å². The predicted octanol–water partition coefficient (Wildman–Crippen LogP) is 1.11. The lowest BCUT2D eigenvalue weighted by atomic mass is 10.2. The molecule has 1 unspecified atom stereocenters. The summed E-state index contributed by atoms with van der Waals surface area (Å²) < 4.78 is 0. The number of rotatable bonds is 4. The highest BCUT2D eigenvalue weighted by Crippen LogP contribution is 2.09. The van der Waals surface area contributed by atoms with E-state index in [4.69, 9.17) is 0 Å². The van der Waals surface area contributed by atoms with Gasteiger partial charge in [0.25, 0.3) is 0 Å². The summed E-state index contributed by atoms with van der Waals surface area (Å²) in [5, 5.41) is 3.64. The Morgan fingerprint density at radius 2 is 1.88 bits per heavy atom. The van der Waals surface area contributed by atoms with Crippen molar-refractivity contribution in [3.8, 4) is 0 Å². The number of thioether (sulfide) groups is 1. The van der Waals surface area contributed by atoms with E-state index in [0.717, 1.165) is 6.04 Å². The normalized spacial score (nSPS) is 29.1. The predicted molar refractivity (Wildman–Crippen MR) is 76.9 cm³/mol. The summed E-state index contributed by atoms with van der Waals surface area (Å²) in [4.78, 5) is 5.30. The lowest BCUT2D eigenvalue weighted by molar-refractivity contribution is 0.210. The molecule has 0 aromatic rings. The van der Waals surface area contributed by atoms with Gasteiger partial charge >= 0.3 is 0 Å². The third-order valence-corrected chi connectivity index (χ3v) is 4.83. The molecule has 2 aliphatic rings. The zero-order valence-corrected chi connectivity index (χ0v) is 12.0. The maximum absolute atomic E-state index is 3.64. The smallest absolute Gasteiger partial charge is 0.0192 e. The minimum atomic E-state index is 0.717. The second kappa shape index (κ2) is 7.62. The maximum atomic E-state index is 3.64. The van der Waals surface area contributed by atoms with Crippen LogP contribution in [0.4, 0.5) is 0 Å². The van der Waals surface area contributed by atoms with Gasteiger partial charge in [0.05, 0.1) is 0 Å². The summed E-state index contributed by atoms with van der Waals surface area (Å²) in [7, 11) is 0. The Hall–Kier alpha value is 0.230. The van der Waals surface area contributed by atoms with Gasteiger partial charge in [0.15, 0.2) is 0 Å². The number of hydrogen-bond acceptors (Lipinski definition) is 4. The average Bonchev–Trinajstić information content (AvgIpc) is 2.62. The summed E-state index contributed by atoms with van der Waals surface area (Å²) in [6.07, 6.45) is 2.57. The zero-order chi connectivity index (χ0) is 11.9. The summed E-state index contributed by atoms with van der Waals surface area (Å²) >= 11 is 2.10. The fourth-order valence-electron chi connectivity index (χ4n) is 2.66. The van der Waals surface area contributed by atoms with Crippen molar-refractivity contribution >= 4 is 11.8 Å². The van der Waals surface area contributed by atoms with Gasteiger partial charge in [0.2, 0.25) is 0 Å². The van der Waals surface area contributed by atoms with Crippen LogP contribution in [0.2, 0.25) is 0 Å². The van der Waals surface area contributed by atoms with E-state index in [1.54, 1.807) is 0 Å². The minimum absolute atomic E-state index is 0.717. The lowest BCUT2D eigenvalue weighted by Crippen LogP contribution is -2.42. The van der Waals surface area contributed by atoms with Gasteiger partial charge < -0.3 is 15.1 Å². The number of nitrogens with one attached hydrogen (secondary N) is 1. The van der Waals surface area contributed by atoms with Crippen LogP contribution in [-0.4, -0.2) is 73.2 Å². The first-order chi connectivity index (χ1) is 8.38. The summed E-state index contributed by atoms with van der Waals surface area (Å²) in [5.41, 5.74) is 0. The van der Waals surface area contributed by atoms with Gasteiger partial charge in [-0.05, 0) is 25.9 Å². The second-order valence-corrected chi connectivity index (χ2v) is 6.39. The number of hydrogen-bond donors (Lipinski definition) is 1. The summed E-state index contributed by atoms with van der Waals surface area (Å²) in [6, 6.07) is 0.717. The Kier molecular flexibility index (Phi) is 6.12. The van der Waals surface area contributed by atoms with E-state index < -0.39 is 0 Å². The van der Waals surface area contributed by atoms with Gasteiger partial charge in [-0.15, -0.1) is 0 Å². The lowest BCUT2D eigenvalue weighted by Gasteiger charge is -2.30. The van der Waals surface area contributed by atoms with E-state index in [1.165, 1.54) is 70.2 Å². The minimum Gasteiger partial charge on any atom is -0.313 e. The molecule has 0 saturated carbocycles. The van der Waals surface area contributed by atoms with Gasteiger partial charge in [-0.2, -0.15) is 11.8 Å². The fourth-order valence-corrected chi connectivity index (χ4v) is 3.64. The molecule has 4 heteroatoms. The van der Waals surface area contributed by atoms with Crippen molar-refractivity contribution in [2.45, 2.75) is 25.8 Å². The highest BCUT2D eigenvalue weighted by molar-refractivity contribution is 7.99. The third kappa shape index (κ3) is 4.78. The first kappa shape index (κ1) is 13.7. The van der Waals surface area contributed by atoms with Crippen LogP contribution in [0, 0.1) is 0 Å². The Balaban J connectivity index is 1.69. The molecule has 0 amide bonds. The molecule has 2 saturated heterocycles. The van der Waals surface area contributed by atoms with Gasteiger partial charge in [-0.1, -0.05) is 6.92 Å². The van der Waals surface area contributed by atoms with E-state index in [-0.39, 0.29) is 0 Å². The molecule has 100 valence electrons. The summed E-state index contributed by atoms with van der Waals surface area (Å²) in [6.45, 7) is 11.2. The number of nitrogens with zero attached hydrogens (tertiary/aromatic N) is 2. The van der Waals surface area contributed by atoms with Crippen LogP contribution in [0.25, 0.3) is 0 Å². The Bertz CT molecular complexity index is 207. The maximum Gasteiger partial charge on any atom is 0.0192 e. The van der Waals surface area contributed by atoms with Crippen LogP contribution in [0.3, 0.4) is 0 Å². The molecule has 2 heterocycles. The van der Waals surface area contributed by atoms with Gasteiger partial charge in [-0.25, -0.2) is 0 Å². The second-order valence-electron chi connectivity index (χ2n) is 5.17. The van der Waals surface area contributed by atoms with E-state index in [0.29, 0.717) is 0 Å². The SMILES string of the molecule is CCC1CN(CCN2CCSCC2)CCCN1. The molecular weight excluding hydrogens is 230 g/mol. The first-order valence-electron chi connectivity index (χ1n) is 7.14. The molecule has 2 fully saturated rings. The van der Waals surface area contributed by atoms with Crippen LogP contribution >= 0.6 is 11.8 Å². The largest absolute Gasteiger partial charge is 0.313 e. The van der Waals surface area contributed by atoms with Crippen molar-refractivity contribution in [2.24, 2.45) is 0 Å². The molecule has 2 aliphatic heterocycles. The van der Waals surface area contributed by atoms with E-state index in [2.05, 4.69) is 33.8 Å². The van der Waals surface area contributed by atoms with Crippen LogP contribution < -0.4 is 5.32 Å². The first-order valence-corrected chi connectivity index (χ1v) is 8.30. The quantitative estimate of drug-likeness (QED) is 0.813. The van der Waals surface area contributed by atoms with Gasteiger partial charge in [0.1, 0.15) is 0 Å². The highest BCUT2D eigenvalue weighted by atomic mass is 32.2. The zero-order valence-electron chi connectivity index (χ0n) is 11.2. The Labute approximate surface area is 110 Å². The molecular formula is C13H27N3S. The highest BCUT2D eigenvalue weighted by Gasteiger charge is 2.17. The molecule has 0 radical (unpaired) electrons. The molecule has 1 atom stereocenters. The molecule has 0 aromatic heterocycles. The molecule has 0 aromatic carbocycles. The summed E-state index contributed by atoms with van der Waals surface area (Å²) in [5.74, 6) is 2.66. The Morgan fingerprint density at radius 3 is 2.65 bits per heavy atom. The molecule has 0 aliphatic carbocycles. The van der Waals surface area contributed by atoms with Crippen molar-refractivity contribution in [1.29, 1.82) is 0 Å². The fraction of sp³-hybridized carbons (Fsp3) is 1.00. The molecule has 3 nitrogen and oxygen atoms in total. The third-order valence-electron chi connectivity index (χ3n) is 3.89.